The molecule has 0 saturated carbocycles. The molecule has 78 valence electrons. The molecular weight excluding hydrogens is 174 g/mol. The molecule has 0 aliphatic heterocycles. The standard InChI is InChI=1S/C11H25NSi/c1-7-8-13(6,9-11(2)3)10-12(4)5/h2,7-10H2,1,3-6H3. The molecule has 0 aliphatic rings. The quantitative estimate of drug-likeness (QED) is 0.469. The second-order valence-corrected chi connectivity index (χ2v) is 9.72. The Morgan fingerprint density at radius 3 is 2.23 bits per heavy atom. The molecule has 0 saturated heterocycles. The van der Waals surface area contributed by atoms with E-state index in [0.717, 1.165) is 0 Å². The molecule has 0 rings (SSSR count). The van der Waals surface area contributed by atoms with Crippen molar-refractivity contribution in [2.24, 2.45) is 0 Å². The summed E-state index contributed by atoms with van der Waals surface area (Å²) in [6.45, 7) is 11.0. The molecule has 0 heterocycles. The molecule has 1 unspecified atom stereocenters. The molecule has 13 heavy (non-hydrogen) atoms. The molecule has 0 aromatic heterocycles. The van der Waals surface area contributed by atoms with Crippen LogP contribution in [-0.4, -0.2) is 33.2 Å². The Hall–Kier alpha value is -0.0831. The third-order valence-corrected chi connectivity index (χ3v) is 6.84. The van der Waals surface area contributed by atoms with E-state index in [4.69, 9.17) is 0 Å². The van der Waals surface area contributed by atoms with Crippen molar-refractivity contribution < 1.29 is 0 Å². The molecular formula is C11H25NSi. The van der Waals surface area contributed by atoms with E-state index in [2.05, 4.69) is 46.0 Å². The van der Waals surface area contributed by atoms with Crippen LogP contribution in [0.3, 0.4) is 0 Å². The van der Waals surface area contributed by atoms with Crippen molar-refractivity contribution in [2.75, 3.05) is 20.3 Å². The van der Waals surface area contributed by atoms with Crippen LogP contribution in [-0.2, 0) is 0 Å². The Balaban J connectivity index is 4.23. The van der Waals surface area contributed by atoms with Crippen molar-refractivity contribution in [3.63, 3.8) is 0 Å². The first-order valence-electron chi connectivity index (χ1n) is 5.19. The van der Waals surface area contributed by atoms with E-state index in [-0.39, 0.29) is 0 Å². The van der Waals surface area contributed by atoms with Crippen LogP contribution in [0.4, 0.5) is 0 Å². The topological polar surface area (TPSA) is 3.24 Å². The van der Waals surface area contributed by atoms with Gasteiger partial charge < -0.3 is 4.90 Å². The van der Waals surface area contributed by atoms with E-state index >= 15 is 0 Å². The number of hydrogen-bond donors (Lipinski definition) is 0. The van der Waals surface area contributed by atoms with Crippen LogP contribution in [0.25, 0.3) is 0 Å². The highest BCUT2D eigenvalue weighted by atomic mass is 28.3. The van der Waals surface area contributed by atoms with Crippen LogP contribution in [0.15, 0.2) is 12.2 Å². The Bertz CT molecular complexity index is 165. The predicted octanol–water partition coefficient (Wildman–Crippen LogP) is 3.15. The maximum atomic E-state index is 4.05. The van der Waals surface area contributed by atoms with E-state index in [0.29, 0.717) is 0 Å². The number of nitrogens with zero attached hydrogens (tertiary/aromatic N) is 1. The van der Waals surface area contributed by atoms with Gasteiger partial charge in [-0.2, -0.15) is 0 Å². The lowest BCUT2D eigenvalue weighted by molar-refractivity contribution is 0.468. The first-order chi connectivity index (χ1) is 5.89. The van der Waals surface area contributed by atoms with Gasteiger partial charge in [0.05, 0.1) is 8.07 Å². The number of rotatable bonds is 6. The molecule has 0 radical (unpaired) electrons. The molecule has 1 atom stereocenters. The molecule has 0 aromatic carbocycles. The van der Waals surface area contributed by atoms with Crippen LogP contribution in [0.1, 0.15) is 20.3 Å². The Labute approximate surface area is 84.8 Å². The van der Waals surface area contributed by atoms with Gasteiger partial charge in [-0.15, -0.1) is 6.58 Å². The highest BCUT2D eigenvalue weighted by molar-refractivity contribution is 6.79. The third-order valence-electron chi connectivity index (χ3n) is 2.28. The van der Waals surface area contributed by atoms with Crippen molar-refractivity contribution in [1.29, 1.82) is 0 Å². The zero-order chi connectivity index (χ0) is 10.5. The van der Waals surface area contributed by atoms with Gasteiger partial charge in [-0.1, -0.05) is 31.5 Å². The van der Waals surface area contributed by atoms with Gasteiger partial charge in [0.1, 0.15) is 0 Å². The summed E-state index contributed by atoms with van der Waals surface area (Å²) in [6, 6.07) is 2.72. The minimum Gasteiger partial charge on any atom is -0.312 e. The van der Waals surface area contributed by atoms with Crippen molar-refractivity contribution >= 4 is 8.07 Å². The largest absolute Gasteiger partial charge is 0.312 e. The van der Waals surface area contributed by atoms with Crippen molar-refractivity contribution in [3.05, 3.63) is 12.2 Å². The molecule has 2 heteroatoms. The molecule has 0 spiro atoms. The first-order valence-corrected chi connectivity index (χ1v) is 8.31. The number of allylic oxidation sites excluding steroid dienone is 1. The molecule has 0 fully saturated rings. The predicted molar refractivity (Wildman–Crippen MR) is 64.9 cm³/mol. The minimum atomic E-state index is -1.05. The fourth-order valence-electron chi connectivity index (χ4n) is 2.32. The van der Waals surface area contributed by atoms with Gasteiger partial charge in [0.15, 0.2) is 0 Å². The fraction of sp³-hybridized carbons (Fsp3) is 0.818. The molecule has 0 N–H and O–H groups in total. The highest BCUT2D eigenvalue weighted by Gasteiger charge is 2.26. The van der Waals surface area contributed by atoms with Gasteiger partial charge in [-0.25, -0.2) is 0 Å². The minimum absolute atomic E-state index is 1.05. The third kappa shape index (κ3) is 6.05. The summed E-state index contributed by atoms with van der Waals surface area (Å²) in [4.78, 5) is 2.34. The Morgan fingerprint density at radius 2 is 1.92 bits per heavy atom. The maximum absolute atomic E-state index is 4.05. The smallest absolute Gasteiger partial charge is 0.0699 e. The van der Waals surface area contributed by atoms with E-state index < -0.39 is 8.07 Å². The molecule has 0 bridgehead atoms. The van der Waals surface area contributed by atoms with Gasteiger partial charge in [0, 0.05) is 0 Å². The second kappa shape index (κ2) is 5.61. The summed E-state index contributed by atoms with van der Waals surface area (Å²) < 4.78 is 0. The monoisotopic (exact) mass is 199 g/mol. The van der Waals surface area contributed by atoms with Crippen LogP contribution >= 0.6 is 0 Å². The molecule has 0 aromatic rings. The van der Waals surface area contributed by atoms with Crippen LogP contribution in [0.2, 0.25) is 18.6 Å². The zero-order valence-electron chi connectivity index (χ0n) is 9.98. The lowest BCUT2D eigenvalue weighted by Gasteiger charge is -2.30. The summed E-state index contributed by atoms with van der Waals surface area (Å²) in [6.07, 6.45) is 2.62. The summed E-state index contributed by atoms with van der Waals surface area (Å²) in [5.74, 6) is 0. The van der Waals surface area contributed by atoms with Crippen molar-refractivity contribution in [1.82, 2.24) is 4.90 Å². The van der Waals surface area contributed by atoms with Crippen LogP contribution < -0.4 is 0 Å². The Morgan fingerprint density at radius 1 is 1.38 bits per heavy atom. The van der Waals surface area contributed by atoms with Crippen molar-refractivity contribution in [2.45, 2.75) is 38.9 Å². The van der Waals surface area contributed by atoms with Gasteiger partial charge in [-0.3, -0.25) is 0 Å². The second-order valence-electron chi connectivity index (χ2n) is 4.93. The van der Waals surface area contributed by atoms with Gasteiger partial charge in [0.2, 0.25) is 0 Å². The average molecular weight is 199 g/mol. The van der Waals surface area contributed by atoms with Crippen LogP contribution in [0, 0.1) is 0 Å². The SMILES string of the molecule is C=C(C)C[Si](C)(CCC)CN(C)C. The lowest BCUT2D eigenvalue weighted by atomic mass is 10.4. The first kappa shape index (κ1) is 12.9. The summed E-state index contributed by atoms with van der Waals surface area (Å²) in [7, 11) is 3.31. The summed E-state index contributed by atoms with van der Waals surface area (Å²) >= 11 is 0. The summed E-state index contributed by atoms with van der Waals surface area (Å²) in [5, 5.41) is 0. The van der Waals surface area contributed by atoms with Crippen LogP contribution in [0.5, 0.6) is 0 Å². The fourth-order valence-corrected chi connectivity index (χ4v) is 6.96. The van der Waals surface area contributed by atoms with E-state index in [1.54, 1.807) is 0 Å². The Kier molecular flexibility index (Phi) is 5.57. The average Bonchev–Trinajstić information content (AvgIpc) is 1.81. The van der Waals surface area contributed by atoms with E-state index in [9.17, 15) is 0 Å². The summed E-state index contributed by atoms with van der Waals surface area (Å²) in [5.41, 5.74) is 1.37. The number of hydrogen-bond acceptors (Lipinski definition) is 1. The van der Waals surface area contributed by atoms with E-state index in [1.165, 1.54) is 30.3 Å². The zero-order valence-corrected chi connectivity index (χ0v) is 11.0. The van der Waals surface area contributed by atoms with Gasteiger partial charge in [0.25, 0.3) is 0 Å². The normalized spacial score (nSPS) is 15.8. The highest BCUT2D eigenvalue weighted by Crippen LogP contribution is 2.22. The molecule has 1 nitrogen and oxygen atoms in total. The molecule has 0 amide bonds. The van der Waals surface area contributed by atoms with E-state index in [1.807, 2.05) is 0 Å². The van der Waals surface area contributed by atoms with Gasteiger partial charge in [-0.05, 0) is 33.2 Å². The van der Waals surface area contributed by atoms with Gasteiger partial charge >= 0.3 is 0 Å². The lowest BCUT2D eigenvalue weighted by Crippen LogP contribution is -2.42. The maximum Gasteiger partial charge on any atom is 0.0699 e. The molecule has 0 aliphatic carbocycles. The van der Waals surface area contributed by atoms with Crippen molar-refractivity contribution in [3.8, 4) is 0 Å².